The summed E-state index contributed by atoms with van der Waals surface area (Å²) < 4.78 is 39.5. The molecule has 0 radical (unpaired) electrons. The van der Waals surface area contributed by atoms with E-state index in [1.807, 2.05) is 12.1 Å². The molecule has 0 bridgehead atoms. The first-order valence-corrected chi connectivity index (χ1v) is 11.0. The number of hydrogen-bond donors (Lipinski definition) is 2. The molecule has 1 aromatic heterocycles. The van der Waals surface area contributed by atoms with Crippen molar-refractivity contribution in [2.75, 3.05) is 18.1 Å². The third-order valence-corrected chi connectivity index (χ3v) is 6.44. The zero-order chi connectivity index (χ0) is 23.8. The first-order chi connectivity index (χ1) is 15.7. The summed E-state index contributed by atoms with van der Waals surface area (Å²) in [5, 5.41) is 16.6. The number of halogens is 4. The fourth-order valence-electron chi connectivity index (χ4n) is 4.52. The standard InChI is InChI=1S/C24H24ClF3N4O/c1-30-18-5-3-2-4-15(18)23(33)31-14-8-6-13(7-9-14)21-16(25)10-11-19-22(21)17(29)12-20(32-19)24(26,27)28/h2-5,10-14,30H,6-9H2,1H3,(H2,29,32)(H,31,33)/p-1. The van der Waals surface area contributed by atoms with Crippen molar-refractivity contribution < 1.29 is 18.3 Å². The molecule has 1 fully saturated rings. The first-order valence-electron chi connectivity index (χ1n) is 10.7. The summed E-state index contributed by atoms with van der Waals surface area (Å²) in [5.74, 6) is -0.270. The molecule has 0 unspecified atom stereocenters. The topological polar surface area (TPSA) is 86.4 Å². The van der Waals surface area contributed by atoms with Crippen molar-refractivity contribution in [1.29, 1.82) is 0 Å². The minimum atomic E-state index is -4.58. The molecule has 174 valence electrons. The lowest BCUT2D eigenvalue weighted by Gasteiger charge is -2.30. The first kappa shape index (κ1) is 23.2. The third-order valence-electron chi connectivity index (χ3n) is 6.11. The van der Waals surface area contributed by atoms with E-state index >= 15 is 0 Å². The number of anilines is 2. The van der Waals surface area contributed by atoms with E-state index < -0.39 is 11.9 Å². The predicted molar refractivity (Wildman–Crippen MR) is 124 cm³/mol. The number of para-hydroxylation sites is 1. The van der Waals surface area contributed by atoms with Crippen LogP contribution < -0.4 is 16.2 Å². The molecular formula is C24H23ClF3N4O-. The van der Waals surface area contributed by atoms with Crippen molar-refractivity contribution in [1.82, 2.24) is 4.98 Å². The number of benzene rings is 2. The van der Waals surface area contributed by atoms with E-state index in [-0.39, 0.29) is 29.1 Å². The van der Waals surface area contributed by atoms with Gasteiger partial charge >= 0.3 is 6.18 Å². The lowest BCUT2D eigenvalue weighted by atomic mass is 9.80. The lowest BCUT2D eigenvalue weighted by Crippen LogP contribution is -2.25. The largest absolute Gasteiger partial charge is 0.858 e. The number of fused-ring (bicyclic) bond motifs is 1. The number of aliphatic imine (C=N–C) groups is 1. The Morgan fingerprint density at radius 1 is 1.15 bits per heavy atom. The highest BCUT2D eigenvalue weighted by Gasteiger charge is 2.34. The van der Waals surface area contributed by atoms with Crippen LogP contribution in [-0.2, 0) is 6.18 Å². The molecule has 1 aliphatic rings. The summed E-state index contributed by atoms with van der Waals surface area (Å²) in [6.45, 7) is 0. The van der Waals surface area contributed by atoms with Gasteiger partial charge in [-0.1, -0.05) is 29.8 Å². The fourth-order valence-corrected chi connectivity index (χ4v) is 4.83. The summed E-state index contributed by atoms with van der Waals surface area (Å²) in [7, 11) is 1.75. The van der Waals surface area contributed by atoms with Crippen molar-refractivity contribution in [3.8, 4) is 0 Å². The molecule has 0 spiro atoms. The van der Waals surface area contributed by atoms with E-state index in [2.05, 4.69) is 15.3 Å². The molecule has 4 rings (SSSR count). The van der Waals surface area contributed by atoms with Crippen molar-refractivity contribution >= 4 is 39.8 Å². The third kappa shape index (κ3) is 4.71. The van der Waals surface area contributed by atoms with Crippen LogP contribution in [0.25, 0.3) is 10.9 Å². The maximum absolute atomic E-state index is 13.2. The van der Waals surface area contributed by atoms with Gasteiger partial charge in [0.05, 0.1) is 5.52 Å². The van der Waals surface area contributed by atoms with Crippen LogP contribution in [0.1, 0.15) is 48.4 Å². The van der Waals surface area contributed by atoms with Crippen LogP contribution in [0.3, 0.4) is 0 Å². The zero-order valence-electron chi connectivity index (χ0n) is 17.9. The maximum atomic E-state index is 13.2. The summed E-state index contributed by atoms with van der Waals surface area (Å²) in [5.41, 5.74) is 7.18. The summed E-state index contributed by atoms with van der Waals surface area (Å²) >= 11 is 6.48. The van der Waals surface area contributed by atoms with Crippen molar-refractivity contribution in [3.05, 3.63) is 64.3 Å². The summed E-state index contributed by atoms with van der Waals surface area (Å²) in [6, 6.07) is 11.0. The Morgan fingerprint density at radius 3 is 2.52 bits per heavy atom. The van der Waals surface area contributed by atoms with E-state index in [9.17, 15) is 18.3 Å². The Morgan fingerprint density at radius 2 is 1.85 bits per heavy atom. The Labute approximate surface area is 194 Å². The lowest BCUT2D eigenvalue weighted by molar-refractivity contribution is -0.213. The van der Waals surface area contributed by atoms with Crippen LogP contribution in [0, 0.1) is 0 Å². The Balaban J connectivity index is 1.59. The maximum Gasteiger partial charge on any atom is 0.433 e. The van der Waals surface area contributed by atoms with Gasteiger partial charge in [-0.25, -0.2) is 4.98 Å². The summed E-state index contributed by atoms with van der Waals surface area (Å²) in [4.78, 5) is 8.19. The van der Waals surface area contributed by atoms with E-state index in [1.165, 1.54) is 6.07 Å². The molecular weight excluding hydrogens is 453 g/mol. The smallest absolute Gasteiger partial charge is 0.433 e. The quantitative estimate of drug-likeness (QED) is 0.392. The molecule has 3 N–H and O–H groups in total. The number of pyridine rings is 1. The second-order valence-electron chi connectivity index (χ2n) is 8.18. The number of nitrogens with two attached hydrogens (primary N) is 1. The average molecular weight is 476 g/mol. The van der Waals surface area contributed by atoms with Gasteiger partial charge in [0.1, 0.15) is 5.69 Å². The molecule has 1 aliphatic carbocycles. The predicted octanol–water partition coefficient (Wildman–Crippen LogP) is 5.36. The van der Waals surface area contributed by atoms with E-state index in [0.29, 0.717) is 41.7 Å². The van der Waals surface area contributed by atoms with E-state index in [1.54, 1.807) is 25.2 Å². The van der Waals surface area contributed by atoms with Crippen LogP contribution >= 0.6 is 11.6 Å². The Kier molecular flexibility index (Phi) is 6.38. The van der Waals surface area contributed by atoms with Gasteiger partial charge in [-0.3, -0.25) is 4.99 Å². The van der Waals surface area contributed by atoms with Gasteiger partial charge < -0.3 is 16.2 Å². The highest BCUT2D eigenvalue weighted by molar-refractivity contribution is 6.32. The van der Waals surface area contributed by atoms with E-state index in [4.69, 9.17) is 17.3 Å². The van der Waals surface area contributed by atoms with Gasteiger partial charge in [0.2, 0.25) is 0 Å². The van der Waals surface area contributed by atoms with E-state index in [0.717, 1.165) is 17.3 Å². The molecule has 1 saturated carbocycles. The minimum absolute atomic E-state index is 0.00631. The van der Waals surface area contributed by atoms with Crippen LogP contribution in [0.5, 0.6) is 0 Å². The average Bonchev–Trinajstić information content (AvgIpc) is 2.79. The molecule has 0 aliphatic heterocycles. The molecule has 3 aromatic rings. The highest BCUT2D eigenvalue weighted by atomic mass is 35.5. The van der Waals surface area contributed by atoms with Gasteiger partial charge in [-0.2, -0.15) is 13.2 Å². The SMILES string of the molecule is CNc1ccccc1C([O-])=NC1CCC(c2c(Cl)ccc3nc(C(F)(F)F)cc(N)c23)CC1. The number of aromatic nitrogens is 1. The number of nitrogen functional groups attached to an aromatic ring is 1. The molecule has 33 heavy (non-hydrogen) atoms. The second kappa shape index (κ2) is 9.09. The van der Waals surface area contributed by atoms with Crippen LogP contribution in [0.2, 0.25) is 5.02 Å². The highest BCUT2D eigenvalue weighted by Crippen LogP contribution is 2.43. The van der Waals surface area contributed by atoms with Gasteiger partial charge in [0.25, 0.3) is 0 Å². The number of rotatable bonds is 4. The molecule has 1 heterocycles. The monoisotopic (exact) mass is 475 g/mol. The van der Waals surface area contributed by atoms with Crippen molar-refractivity contribution in [2.24, 2.45) is 4.99 Å². The normalized spacial score (nSPS) is 19.6. The molecule has 2 aromatic carbocycles. The van der Waals surface area contributed by atoms with Gasteiger partial charge in [0.15, 0.2) is 0 Å². The van der Waals surface area contributed by atoms with Crippen molar-refractivity contribution in [3.63, 3.8) is 0 Å². The van der Waals surface area contributed by atoms with Gasteiger partial charge in [-0.15, -0.1) is 0 Å². The molecule has 0 saturated heterocycles. The van der Waals surface area contributed by atoms with Crippen molar-refractivity contribution in [2.45, 2.75) is 43.8 Å². The minimum Gasteiger partial charge on any atom is -0.858 e. The number of hydrogen-bond acceptors (Lipinski definition) is 5. The number of alkyl halides is 3. The van der Waals surface area contributed by atoms with Crippen LogP contribution in [0.15, 0.2) is 47.5 Å². The fraction of sp³-hybridized carbons (Fsp3) is 0.333. The summed E-state index contributed by atoms with van der Waals surface area (Å²) in [6.07, 6.45) is -1.87. The number of nitrogens with one attached hydrogen (secondary N) is 1. The molecule has 5 nitrogen and oxygen atoms in total. The molecule has 9 heteroatoms. The van der Waals surface area contributed by atoms with Crippen LogP contribution in [0.4, 0.5) is 24.5 Å². The molecule has 0 atom stereocenters. The second-order valence-corrected chi connectivity index (χ2v) is 8.59. The van der Waals surface area contributed by atoms with Gasteiger partial charge in [0, 0.05) is 40.4 Å². The molecule has 0 amide bonds. The number of nitrogens with zero attached hydrogens (tertiary/aromatic N) is 2. The van der Waals surface area contributed by atoms with Crippen LogP contribution in [-0.4, -0.2) is 24.0 Å². The zero-order valence-corrected chi connectivity index (χ0v) is 18.7. The van der Waals surface area contributed by atoms with Gasteiger partial charge in [-0.05, 0) is 67.3 Å². The Bertz CT molecular complexity index is 1200. The Hall–Kier alpha value is -3.00.